The van der Waals surface area contributed by atoms with Crippen LogP contribution < -0.4 is 10.2 Å². The maximum Gasteiger partial charge on any atom is 0.272 e. The number of hydrogen-bond acceptors (Lipinski definition) is 5. The molecule has 2 N–H and O–H groups in total. The summed E-state index contributed by atoms with van der Waals surface area (Å²) in [7, 11) is 0. The maximum absolute atomic E-state index is 14.7. The van der Waals surface area contributed by atoms with Gasteiger partial charge in [-0.1, -0.05) is 96.5 Å². The lowest BCUT2D eigenvalue weighted by atomic mass is 9.94. The van der Waals surface area contributed by atoms with Crippen molar-refractivity contribution in [3.8, 4) is 22.5 Å². The van der Waals surface area contributed by atoms with E-state index >= 15 is 0 Å². The van der Waals surface area contributed by atoms with E-state index in [0.29, 0.717) is 38.1 Å². The third kappa shape index (κ3) is 6.81. The number of nitrogens with zero attached hydrogens (tertiary/aromatic N) is 5. The van der Waals surface area contributed by atoms with E-state index in [0.717, 1.165) is 65.4 Å². The van der Waals surface area contributed by atoms with Gasteiger partial charge >= 0.3 is 0 Å². The van der Waals surface area contributed by atoms with Crippen LogP contribution in [0.2, 0.25) is 15.1 Å². The van der Waals surface area contributed by atoms with Gasteiger partial charge in [-0.25, -0.2) is 9.97 Å². The number of H-pyrrole nitrogens is 1. The Morgan fingerprint density at radius 1 is 0.865 bits per heavy atom. The van der Waals surface area contributed by atoms with Gasteiger partial charge in [0.2, 0.25) is 0 Å². The molecule has 2 aliphatic rings. The average Bonchev–Trinajstić information content (AvgIpc) is 3.77. The van der Waals surface area contributed by atoms with Crippen molar-refractivity contribution in [3.63, 3.8) is 0 Å². The molecule has 4 heterocycles. The Hall–Kier alpha value is -4.34. The van der Waals surface area contributed by atoms with E-state index in [9.17, 15) is 4.79 Å². The molecule has 1 atom stereocenters. The molecule has 52 heavy (non-hydrogen) atoms. The summed E-state index contributed by atoms with van der Waals surface area (Å²) in [6.07, 6.45) is 10.2. The molecule has 3 aromatic carbocycles. The van der Waals surface area contributed by atoms with Gasteiger partial charge in [0.1, 0.15) is 5.69 Å². The first-order chi connectivity index (χ1) is 25.4. The molecule has 1 saturated carbocycles. The lowest BCUT2D eigenvalue weighted by Gasteiger charge is -2.41. The van der Waals surface area contributed by atoms with Crippen LogP contribution in [0.5, 0.6) is 0 Å². The molecule has 8 rings (SSSR count). The smallest absolute Gasteiger partial charge is 0.272 e. The minimum absolute atomic E-state index is 0.255. The van der Waals surface area contributed by atoms with Gasteiger partial charge in [0.05, 0.1) is 29.4 Å². The van der Waals surface area contributed by atoms with Crippen LogP contribution in [-0.2, 0) is 0 Å². The number of amides is 1. The number of anilines is 2. The van der Waals surface area contributed by atoms with E-state index in [4.69, 9.17) is 44.8 Å². The number of aromatic amines is 1. The van der Waals surface area contributed by atoms with E-state index in [1.807, 2.05) is 79.1 Å². The number of halogens is 3. The van der Waals surface area contributed by atoms with Gasteiger partial charge < -0.3 is 19.8 Å². The van der Waals surface area contributed by atoms with E-state index in [-0.39, 0.29) is 11.9 Å². The van der Waals surface area contributed by atoms with Gasteiger partial charge in [-0.3, -0.25) is 9.69 Å². The Bertz CT molecular complexity index is 2220. The summed E-state index contributed by atoms with van der Waals surface area (Å²) in [6, 6.07) is 25.4. The number of nitrogens with one attached hydrogen (secondary N) is 2. The van der Waals surface area contributed by atoms with Gasteiger partial charge in [-0.2, -0.15) is 0 Å². The van der Waals surface area contributed by atoms with Gasteiger partial charge in [0.15, 0.2) is 5.82 Å². The van der Waals surface area contributed by atoms with Crippen molar-refractivity contribution >= 4 is 63.1 Å². The van der Waals surface area contributed by atoms with Crippen LogP contribution in [0.25, 0.3) is 33.4 Å². The number of hydrogen-bond donors (Lipinski definition) is 2. The fourth-order valence-electron chi connectivity index (χ4n) is 7.96. The predicted molar refractivity (Wildman–Crippen MR) is 213 cm³/mol. The Kier molecular flexibility index (Phi) is 9.99. The molecule has 1 aliphatic heterocycles. The fourth-order valence-corrected chi connectivity index (χ4v) is 8.70. The van der Waals surface area contributed by atoms with Gasteiger partial charge in [-0.05, 0) is 61.7 Å². The van der Waals surface area contributed by atoms with Crippen LogP contribution >= 0.6 is 34.8 Å². The third-order valence-electron chi connectivity index (χ3n) is 10.6. The molecule has 1 amide bonds. The molecule has 0 spiro atoms. The van der Waals surface area contributed by atoms with Crippen molar-refractivity contribution in [3.05, 3.63) is 118 Å². The monoisotopic (exact) mass is 751 g/mol. The minimum Gasteiger partial charge on any atom is -0.352 e. The number of piperazine rings is 1. The largest absolute Gasteiger partial charge is 0.352 e. The van der Waals surface area contributed by atoms with Gasteiger partial charge in [0, 0.05) is 75.5 Å². The molecule has 6 aromatic rings. The first kappa shape index (κ1) is 34.7. The summed E-state index contributed by atoms with van der Waals surface area (Å²) < 4.78 is 2.08. The number of benzene rings is 3. The normalized spacial score (nSPS) is 16.3. The zero-order valence-electron chi connectivity index (χ0n) is 29.0. The summed E-state index contributed by atoms with van der Waals surface area (Å²) in [6.45, 7) is 5.76. The Balaban J connectivity index is 1.20. The number of fused-ring (bicyclic) bond motifs is 1. The zero-order valence-corrected chi connectivity index (χ0v) is 31.2. The zero-order chi connectivity index (χ0) is 35.8. The standard InChI is InChI=1S/C41H40Cl3N7O/c1-26(31-16-14-28(42)23-33(31)44)51-25-46-37(27-9-4-2-5-10-27)39(51)36-32-17-15-29(43)24-35(32)47-38(36)41(52)48-34-13-8-18-45-40(34)50-21-19-49(20-22-50)30-11-6-3-7-12-30/h2,4-5,8-10,13-18,23-26,30,47H,3,6-7,11-12,19-22H2,1H3,(H,48,52). The van der Waals surface area contributed by atoms with Crippen molar-refractivity contribution in [2.24, 2.45) is 0 Å². The molecule has 0 radical (unpaired) electrons. The van der Waals surface area contributed by atoms with Crippen molar-refractivity contribution < 1.29 is 4.79 Å². The van der Waals surface area contributed by atoms with E-state index in [1.54, 1.807) is 12.3 Å². The second kappa shape index (κ2) is 15.0. The maximum atomic E-state index is 14.7. The van der Waals surface area contributed by atoms with Gasteiger partial charge in [0.25, 0.3) is 5.91 Å². The molecule has 2 fully saturated rings. The van der Waals surface area contributed by atoms with E-state index in [2.05, 4.69) is 31.6 Å². The average molecular weight is 753 g/mol. The Labute approximate surface area is 318 Å². The van der Waals surface area contributed by atoms with Crippen molar-refractivity contribution in [1.29, 1.82) is 0 Å². The Morgan fingerprint density at radius 2 is 1.62 bits per heavy atom. The lowest BCUT2D eigenvalue weighted by molar-refractivity contribution is 0.102. The molecular weight excluding hydrogens is 713 g/mol. The topological polar surface area (TPSA) is 82.1 Å². The third-order valence-corrected chi connectivity index (χ3v) is 11.4. The fraction of sp³-hybridized carbons (Fsp3) is 0.293. The van der Waals surface area contributed by atoms with E-state index in [1.165, 1.54) is 32.1 Å². The highest BCUT2D eigenvalue weighted by Crippen LogP contribution is 2.42. The van der Waals surface area contributed by atoms with Crippen molar-refractivity contribution in [2.45, 2.75) is 51.1 Å². The molecule has 11 heteroatoms. The second-order valence-electron chi connectivity index (χ2n) is 13.8. The lowest BCUT2D eigenvalue weighted by Crippen LogP contribution is -2.51. The van der Waals surface area contributed by atoms with Crippen LogP contribution in [0, 0.1) is 0 Å². The van der Waals surface area contributed by atoms with Crippen LogP contribution in [0.1, 0.15) is 61.1 Å². The molecular formula is C41H40Cl3N7O. The summed E-state index contributed by atoms with van der Waals surface area (Å²) in [5.41, 5.74) is 5.81. The highest BCUT2D eigenvalue weighted by Gasteiger charge is 2.30. The number of aromatic nitrogens is 4. The molecule has 0 bridgehead atoms. The highest BCUT2D eigenvalue weighted by molar-refractivity contribution is 6.35. The summed E-state index contributed by atoms with van der Waals surface area (Å²) in [5.74, 6) is 0.488. The molecule has 266 valence electrons. The summed E-state index contributed by atoms with van der Waals surface area (Å²) >= 11 is 19.6. The number of imidazole rings is 1. The second-order valence-corrected chi connectivity index (χ2v) is 15.0. The minimum atomic E-state index is -0.290. The SMILES string of the molecule is CC(c1ccc(Cl)cc1Cl)n1cnc(-c2ccccc2)c1-c1c(C(=O)Nc2cccnc2N2CCN(C3CCCCC3)CC2)[nH]c2cc(Cl)ccc12. The van der Waals surface area contributed by atoms with Gasteiger partial charge in [-0.15, -0.1) is 0 Å². The molecule has 1 saturated heterocycles. The molecule has 8 nitrogen and oxygen atoms in total. The van der Waals surface area contributed by atoms with Crippen LogP contribution in [0.15, 0.2) is 91.4 Å². The highest BCUT2D eigenvalue weighted by atomic mass is 35.5. The molecule has 1 unspecified atom stereocenters. The first-order valence-corrected chi connectivity index (χ1v) is 19.1. The molecule has 1 aliphatic carbocycles. The quantitative estimate of drug-likeness (QED) is 0.162. The summed E-state index contributed by atoms with van der Waals surface area (Å²) in [5, 5.41) is 5.76. The number of carbonyl (C=O) groups is 1. The predicted octanol–water partition coefficient (Wildman–Crippen LogP) is 10.4. The van der Waals surface area contributed by atoms with Crippen molar-refractivity contribution in [2.75, 3.05) is 36.4 Å². The Morgan fingerprint density at radius 3 is 2.38 bits per heavy atom. The number of pyridine rings is 1. The van der Waals surface area contributed by atoms with Crippen molar-refractivity contribution in [1.82, 2.24) is 24.4 Å². The number of carbonyl (C=O) groups excluding carboxylic acids is 1. The summed E-state index contributed by atoms with van der Waals surface area (Å²) in [4.78, 5) is 32.8. The molecule has 3 aromatic heterocycles. The number of rotatable bonds is 8. The first-order valence-electron chi connectivity index (χ1n) is 18.0. The van der Waals surface area contributed by atoms with Crippen LogP contribution in [0.4, 0.5) is 11.5 Å². The van der Waals surface area contributed by atoms with E-state index < -0.39 is 0 Å². The van der Waals surface area contributed by atoms with Crippen LogP contribution in [0.3, 0.4) is 0 Å². The van der Waals surface area contributed by atoms with Crippen LogP contribution in [-0.4, -0.2) is 62.5 Å².